The van der Waals surface area contributed by atoms with E-state index in [1.807, 2.05) is 6.92 Å². The first-order valence-corrected chi connectivity index (χ1v) is 7.59. The van der Waals surface area contributed by atoms with Gasteiger partial charge in [-0.2, -0.15) is 0 Å². The molecule has 0 heterocycles. The summed E-state index contributed by atoms with van der Waals surface area (Å²) in [4.78, 5) is 23.1. The Labute approximate surface area is 126 Å². The highest BCUT2D eigenvalue weighted by molar-refractivity contribution is 6.02. The molecule has 0 aromatic heterocycles. The molecule has 0 saturated carbocycles. The van der Waals surface area contributed by atoms with Gasteiger partial charge in [0.05, 0.1) is 17.2 Å². The second-order valence-electron chi connectivity index (χ2n) is 5.27. The molecule has 0 aliphatic rings. The van der Waals surface area contributed by atoms with Gasteiger partial charge in [0.2, 0.25) is 0 Å². The summed E-state index contributed by atoms with van der Waals surface area (Å²) in [5.74, 6) is -1.68. The first-order chi connectivity index (χ1) is 10.1. The summed E-state index contributed by atoms with van der Waals surface area (Å²) >= 11 is 0. The summed E-state index contributed by atoms with van der Waals surface area (Å²) in [5, 5.41) is 9.06. The van der Waals surface area contributed by atoms with Crippen LogP contribution < -0.4 is 0 Å². The molecular formula is C17H24O4. The van der Waals surface area contributed by atoms with E-state index in [1.165, 1.54) is 31.4 Å². The van der Waals surface area contributed by atoms with E-state index in [0.29, 0.717) is 0 Å². The topological polar surface area (TPSA) is 63.6 Å². The molecule has 1 aromatic carbocycles. The Hall–Kier alpha value is -1.84. The molecule has 0 aliphatic carbocycles. The van der Waals surface area contributed by atoms with Crippen LogP contribution in [0.25, 0.3) is 0 Å². The fourth-order valence-electron chi connectivity index (χ4n) is 2.19. The smallest absolute Gasteiger partial charge is 0.339 e. The molecule has 4 nitrogen and oxygen atoms in total. The van der Waals surface area contributed by atoms with Crippen LogP contribution in [0.5, 0.6) is 0 Å². The van der Waals surface area contributed by atoms with Crippen molar-refractivity contribution in [3.05, 3.63) is 35.4 Å². The van der Waals surface area contributed by atoms with Crippen LogP contribution in [0, 0.1) is 0 Å². The zero-order valence-corrected chi connectivity index (χ0v) is 12.8. The van der Waals surface area contributed by atoms with Crippen LogP contribution in [0.3, 0.4) is 0 Å². The molecule has 1 unspecified atom stereocenters. The number of carboxylic acids is 1. The average Bonchev–Trinajstić information content (AvgIpc) is 2.47. The lowest BCUT2D eigenvalue weighted by molar-refractivity contribution is 0.0313. The van der Waals surface area contributed by atoms with Crippen LogP contribution in [0.4, 0.5) is 0 Å². The Morgan fingerprint density at radius 2 is 1.71 bits per heavy atom. The monoisotopic (exact) mass is 292 g/mol. The molecule has 1 N–H and O–H groups in total. The molecular weight excluding hydrogens is 268 g/mol. The molecule has 21 heavy (non-hydrogen) atoms. The van der Waals surface area contributed by atoms with E-state index in [0.717, 1.165) is 19.3 Å². The van der Waals surface area contributed by atoms with Crippen LogP contribution in [-0.4, -0.2) is 23.1 Å². The number of esters is 1. The SMILES string of the molecule is CCCCCCCC(C)OC(=O)c1ccccc1C(=O)O. The van der Waals surface area contributed by atoms with Gasteiger partial charge in [0.15, 0.2) is 0 Å². The lowest BCUT2D eigenvalue weighted by atomic mass is 10.1. The number of rotatable bonds is 9. The predicted molar refractivity (Wildman–Crippen MR) is 81.7 cm³/mol. The molecule has 4 heteroatoms. The first-order valence-electron chi connectivity index (χ1n) is 7.59. The summed E-state index contributed by atoms with van der Waals surface area (Å²) in [6, 6.07) is 6.13. The predicted octanol–water partition coefficient (Wildman–Crippen LogP) is 4.29. The summed E-state index contributed by atoms with van der Waals surface area (Å²) in [7, 11) is 0. The van der Waals surface area contributed by atoms with Crippen LogP contribution in [0.15, 0.2) is 24.3 Å². The summed E-state index contributed by atoms with van der Waals surface area (Å²) in [6.45, 7) is 4.02. The molecule has 0 saturated heterocycles. The second kappa shape index (κ2) is 9.16. The number of carboxylic acid groups (broad SMARTS) is 1. The summed E-state index contributed by atoms with van der Waals surface area (Å²) in [5.41, 5.74) is 0.0977. The van der Waals surface area contributed by atoms with Crippen LogP contribution in [-0.2, 0) is 4.74 Å². The Balaban J connectivity index is 2.47. The van der Waals surface area contributed by atoms with Crippen LogP contribution >= 0.6 is 0 Å². The maximum atomic E-state index is 12.0. The molecule has 116 valence electrons. The van der Waals surface area contributed by atoms with Crippen molar-refractivity contribution in [3.63, 3.8) is 0 Å². The molecule has 0 amide bonds. The highest BCUT2D eigenvalue weighted by Gasteiger charge is 2.18. The van der Waals surface area contributed by atoms with E-state index in [2.05, 4.69) is 6.92 Å². The summed E-state index contributed by atoms with van der Waals surface area (Å²) < 4.78 is 5.33. The minimum Gasteiger partial charge on any atom is -0.478 e. The summed E-state index contributed by atoms with van der Waals surface area (Å²) in [6.07, 6.45) is 6.43. The number of hydrogen-bond donors (Lipinski definition) is 1. The highest BCUT2D eigenvalue weighted by Crippen LogP contribution is 2.14. The zero-order valence-electron chi connectivity index (χ0n) is 12.8. The average molecular weight is 292 g/mol. The van der Waals surface area contributed by atoms with Gasteiger partial charge in [0.1, 0.15) is 0 Å². The Kier molecular flexibility index (Phi) is 7.51. The van der Waals surface area contributed by atoms with E-state index in [9.17, 15) is 9.59 Å². The van der Waals surface area contributed by atoms with Gasteiger partial charge >= 0.3 is 11.9 Å². The number of carbonyl (C=O) groups excluding carboxylic acids is 1. The van der Waals surface area contributed by atoms with E-state index in [4.69, 9.17) is 9.84 Å². The molecule has 1 aromatic rings. The molecule has 0 fully saturated rings. The van der Waals surface area contributed by atoms with Gasteiger partial charge in [-0.3, -0.25) is 0 Å². The fraction of sp³-hybridized carbons (Fsp3) is 0.529. The number of ether oxygens (including phenoxy) is 1. The molecule has 1 rings (SSSR count). The number of benzene rings is 1. The quantitative estimate of drug-likeness (QED) is 0.544. The Bertz CT molecular complexity index is 468. The Morgan fingerprint density at radius 1 is 1.10 bits per heavy atom. The number of hydrogen-bond acceptors (Lipinski definition) is 3. The van der Waals surface area contributed by atoms with Crippen molar-refractivity contribution in [3.8, 4) is 0 Å². The number of carbonyl (C=O) groups is 2. The largest absolute Gasteiger partial charge is 0.478 e. The third-order valence-corrected chi connectivity index (χ3v) is 3.40. The van der Waals surface area contributed by atoms with Crippen molar-refractivity contribution >= 4 is 11.9 Å². The second-order valence-corrected chi connectivity index (χ2v) is 5.27. The molecule has 0 bridgehead atoms. The van der Waals surface area contributed by atoms with E-state index in [-0.39, 0.29) is 17.2 Å². The van der Waals surface area contributed by atoms with Crippen molar-refractivity contribution in [2.24, 2.45) is 0 Å². The standard InChI is InChI=1S/C17H24O4/c1-3-4-5-6-7-10-13(2)21-17(20)15-12-9-8-11-14(15)16(18)19/h8-9,11-13H,3-7,10H2,1-2H3,(H,18,19). The minimum atomic E-state index is -1.12. The van der Waals surface area contributed by atoms with E-state index >= 15 is 0 Å². The molecule has 1 atom stereocenters. The van der Waals surface area contributed by atoms with Crippen molar-refractivity contribution in [2.45, 2.75) is 58.5 Å². The molecule has 0 spiro atoms. The van der Waals surface area contributed by atoms with Crippen molar-refractivity contribution < 1.29 is 19.4 Å². The van der Waals surface area contributed by atoms with Crippen LogP contribution in [0.1, 0.15) is 73.1 Å². The van der Waals surface area contributed by atoms with Gasteiger partial charge in [-0.05, 0) is 31.9 Å². The van der Waals surface area contributed by atoms with Crippen LogP contribution in [0.2, 0.25) is 0 Å². The molecule has 0 aliphatic heterocycles. The number of unbranched alkanes of at least 4 members (excludes halogenated alkanes) is 4. The van der Waals surface area contributed by atoms with Gasteiger partial charge in [-0.15, -0.1) is 0 Å². The molecule has 0 radical (unpaired) electrons. The lowest BCUT2D eigenvalue weighted by Crippen LogP contribution is -2.17. The van der Waals surface area contributed by atoms with Crippen molar-refractivity contribution in [1.82, 2.24) is 0 Å². The number of aromatic carboxylic acids is 1. The van der Waals surface area contributed by atoms with Gasteiger partial charge in [-0.25, -0.2) is 9.59 Å². The minimum absolute atomic E-state index is 0.0161. The van der Waals surface area contributed by atoms with Crippen molar-refractivity contribution in [2.75, 3.05) is 0 Å². The normalized spacial score (nSPS) is 11.9. The van der Waals surface area contributed by atoms with Gasteiger partial charge in [0, 0.05) is 0 Å². The Morgan fingerprint density at radius 3 is 2.33 bits per heavy atom. The lowest BCUT2D eigenvalue weighted by Gasteiger charge is -2.14. The first kappa shape index (κ1) is 17.2. The highest BCUT2D eigenvalue weighted by atomic mass is 16.5. The third kappa shape index (κ3) is 5.98. The van der Waals surface area contributed by atoms with Gasteiger partial charge < -0.3 is 9.84 Å². The maximum absolute atomic E-state index is 12.0. The fourth-order valence-corrected chi connectivity index (χ4v) is 2.19. The van der Waals surface area contributed by atoms with Gasteiger partial charge in [0.25, 0.3) is 0 Å². The van der Waals surface area contributed by atoms with Crippen molar-refractivity contribution in [1.29, 1.82) is 0 Å². The third-order valence-electron chi connectivity index (χ3n) is 3.40. The van der Waals surface area contributed by atoms with E-state index in [1.54, 1.807) is 12.1 Å². The maximum Gasteiger partial charge on any atom is 0.339 e. The zero-order chi connectivity index (χ0) is 15.7. The van der Waals surface area contributed by atoms with Gasteiger partial charge in [-0.1, -0.05) is 44.7 Å². The van der Waals surface area contributed by atoms with E-state index < -0.39 is 11.9 Å².